The molecule has 1 unspecified atom stereocenters. The SMILES string of the molecule is CCOC(=O)C1=C(C)OC(N)=C(C#N)C1c1cc(F)c(F)c(OCCC(C)C)c1. The molecule has 0 aliphatic carbocycles. The molecular formula is C21H24F2N2O4. The minimum absolute atomic E-state index is 0.00302. The fourth-order valence-corrected chi connectivity index (χ4v) is 2.95. The lowest BCUT2D eigenvalue weighted by Crippen LogP contribution is -2.25. The summed E-state index contributed by atoms with van der Waals surface area (Å²) in [6.07, 6.45) is 0.645. The van der Waals surface area contributed by atoms with Gasteiger partial charge in [0.05, 0.1) is 24.7 Å². The maximum Gasteiger partial charge on any atom is 0.338 e. The largest absolute Gasteiger partial charge is 0.490 e. The molecule has 1 aromatic carbocycles. The van der Waals surface area contributed by atoms with Gasteiger partial charge in [-0.15, -0.1) is 0 Å². The van der Waals surface area contributed by atoms with Crippen molar-refractivity contribution < 1.29 is 27.8 Å². The quantitative estimate of drug-likeness (QED) is 0.687. The fraction of sp³-hybridized carbons (Fsp3) is 0.429. The third-order valence-corrected chi connectivity index (χ3v) is 4.40. The molecule has 6 nitrogen and oxygen atoms in total. The Kier molecular flexibility index (Phi) is 7.21. The van der Waals surface area contributed by atoms with E-state index < -0.39 is 23.5 Å². The van der Waals surface area contributed by atoms with Crippen molar-refractivity contribution in [1.29, 1.82) is 5.26 Å². The fourth-order valence-electron chi connectivity index (χ4n) is 2.95. The summed E-state index contributed by atoms with van der Waals surface area (Å²) in [6.45, 7) is 7.34. The van der Waals surface area contributed by atoms with E-state index in [2.05, 4.69) is 0 Å². The first-order chi connectivity index (χ1) is 13.7. The minimum atomic E-state index is -1.16. The third-order valence-electron chi connectivity index (χ3n) is 4.40. The molecule has 2 N–H and O–H groups in total. The lowest BCUT2D eigenvalue weighted by molar-refractivity contribution is -0.139. The van der Waals surface area contributed by atoms with Gasteiger partial charge in [-0.2, -0.15) is 9.65 Å². The summed E-state index contributed by atoms with van der Waals surface area (Å²) in [6, 6.07) is 4.08. The average molecular weight is 406 g/mol. The summed E-state index contributed by atoms with van der Waals surface area (Å²) in [5.41, 5.74) is 5.84. The van der Waals surface area contributed by atoms with Crippen molar-refractivity contribution >= 4 is 5.97 Å². The van der Waals surface area contributed by atoms with E-state index in [0.717, 1.165) is 6.07 Å². The molecule has 1 aromatic rings. The van der Waals surface area contributed by atoms with Crippen LogP contribution in [-0.4, -0.2) is 19.2 Å². The topological polar surface area (TPSA) is 94.6 Å². The van der Waals surface area contributed by atoms with Crippen LogP contribution in [0.15, 0.2) is 34.9 Å². The van der Waals surface area contributed by atoms with Crippen LogP contribution in [0, 0.1) is 28.9 Å². The molecule has 156 valence electrons. The van der Waals surface area contributed by atoms with Crippen molar-refractivity contribution in [3.8, 4) is 11.8 Å². The Morgan fingerprint density at radius 1 is 1.38 bits per heavy atom. The van der Waals surface area contributed by atoms with Gasteiger partial charge in [0.25, 0.3) is 0 Å². The van der Waals surface area contributed by atoms with Crippen LogP contribution in [0.1, 0.15) is 45.6 Å². The predicted molar refractivity (Wildman–Crippen MR) is 101 cm³/mol. The van der Waals surface area contributed by atoms with E-state index in [9.17, 15) is 18.8 Å². The zero-order chi connectivity index (χ0) is 21.7. The highest BCUT2D eigenvalue weighted by Gasteiger charge is 2.37. The number of ether oxygens (including phenoxy) is 3. The van der Waals surface area contributed by atoms with Crippen molar-refractivity contribution in [1.82, 2.24) is 0 Å². The maximum atomic E-state index is 14.3. The molecule has 1 heterocycles. The van der Waals surface area contributed by atoms with E-state index in [4.69, 9.17) is 19.9 Å². The number of carbonyl (C=O) groups excluding carboxylic acids is 1. The maximum absolute atomic E-state index is 14.3. The predicted octanol–water partition coefficient (Wildman–Crippen LogP) is 4.03. The van der Waals surface area contributed by atoms with Gasteiger partial charge in [-0.25, -0.2) is 9.18 Å². The second-order valence-electron chi connectivity index (χ2n) is 6.96. The van der Waals surface area contributed by atoms with E-state index in [-0.39, 0.29) is 47.3 Å². The highest BCUT2D eigenvalue weighted by Crippen LogP contribution is 2.41. The van der Waals surface area contributed by atoms with Crippen molar-refractivity contribution in [2.75, 3.05) is 13.2 Å². The number of carbonyl (C=O) groups is 1. The second kappa shape index (κ2) is 9.41. The van der Waals surface area contributed by atoms with Crippen molar-refractivity contribution in [3.05, 3.63) is 52.1 Å². The molecule has 0 bridgehead atoms. The average Bonchev–Trinajstić information content (AvgIpc) is 2.64. The van der Waals surface area contributed by atoms with Crippen molar-refractivity contribution in [2.24, 2.45) is 11.7 Å². The molecule has 0 spiro atoms. The third kappa shape index (κ3) is 4.86. The number of esters is 1. The van der Waals surface area contributed by atoms with E-state index in [0.29, 0.717) is 12.3 Å². The van der Waals surface area contributed by atoms with Crippen LogP contribution in [0.25, 0.3) is 0 Å². The lowest BCUT2D eigenvalue weighted by atomic mass is 9.83. The Labute approximate surface area is 168 Å². The highest BCUT2D eigenvalue weighted by atomic mass is 19.2. The molecule has 0 fully saturated rings. The van der Waals surface area contributed by atoms with Gasteiger partial charge in [-0.3, -0.25) is 0 Å². The number of hydrogen-bond acceptors (Lipinski definition) is 6. The molecule has 0 saturated heterocycles. The molecule has 0 amide bonds. The number of hydrogen-bond donors (Lipinski definition) is 1. The lowest BCUT2D eigenvalue weighted by Gasteiger charge is -2.27. The molecular weight excluding hydrogens is 382 g/mol. The summed E-state index contributed by atoms with van der Waals surface area (Å²) in [5, 5.41) is 9.56. The first-order valence-electron chi connectivity index (χ1n) is 9.28. The molecule has 0 radical (unpaired) electrons. The first kappa shape index (κ1) is 22.2. The number of benzene rings is 1. The zero-order valence-electron chi connectivity index (χ0n) is 16.8. The molecule has 8 heteroatoms. The number of nitrogens with two attached hydrogens (primary N) is 1. The molecule has 2 rings (SSSR count). The van der Waals surface area contributed by atoms with Gasteiger partial charge in [-0.05, 0) is 43.9 Å². The smallest absolute Gasteiger partial charge is 0.338 e. The zero-order valence-corrected chi connectivity index (χ0v) is 16.8. The van der Waals surface area contributed by atoms with Crippen LogP contribution in [0.2, 0.25) is 0 Å². The van der Waals surface area contributed by atoms with Gasteiger partial charge in [0, 0.05) is 0 Å². The van der Waals surface area contributed by atoms with E-state index in [1.807, 2.05) is 19.9 Å². The molecule has 0 aromatic heterocycles. The van der Waals surface area contributed by atoms with Gasteiger partial charge in [0.15, 0.2) is 11.6 Å². The van der Waals surface area contributed by atoms with Crippen LogP contribution in [0.5, 0.6) is 5.75 Å². The van der Waals surface area contributed by atoms with Crippen LogP contribution in [-0.2, 0) is 14.3 Å². The summed E-state index contributed by atoms with van der Waals surface area (Å²) < 4.78 is 44.4. The number of allylic oxidation sites excluding steroid dienone is 2. The Balaban J connectivity index is 2.57. The highest BCUT2D eigenvalue weighted by molar-refractivity contribution is 5.92. The Bertz CT molecular complexity index is 901. The van der Waals surface area contributed by atoms with Crippen LogP contribution in [0.3, 0.4) is 0 Å². The number of halogens is 2. The Morgan fingerprint density at radius 2 is 2.07 bits per heavy atom. The molecule has 0 saturated carbocycles. The van der Waals surface area contributed by atoms with E-state index in [1.165, 1.54) is 13.0 Å². The summed E-state index contributed by atoms with van der Waals surface area (Å²) in [7, 11) is 0. The number of rotatable bonds is 7. The van der Waals surface area contributed by atoms with Crippen LogP contribution in [0.4, 0.5) is 8.78 Å². The van der Waals surface area contributed by atoms with Gasteiger partial charge in [0.2, 0.25) is 11.7 Å². The molecule has 1 atom stereocenters. The van der Waals surface area contributed by atoms with Gasteiger partial charge >= 0.3 is 5.97 Å². The van der Waals surface area contributed by atoms with Gasteiger partial charge in [0.1, 0.15) is 17.4 Å². The van der Waals surface area contributed by atoms with Crippen molar-refractivity contribution in [3.63, 3.8) is 0 Å². The molecule has 1 aliphatic heterocycles. The van der Waals surface area contributed by atoms with Gasteiger partial charge < -0.3 is 19.9 Å². The molecule has 1 aliphatic rings. The number of nitrogens with zero attached hydrogens (tertiary/aromatic N) is 1. The summed E-state index contributed by atoms with van der Waals surface area (Å²) in [5.74, 6) is -4.19. The minimum Gasteiger partial charge on any atom is -0.490 e. The normalized spacial score (nSPS) is 16.6. The van der Waals surface area contributed by atoms with Crippen LogP contribution >= 0.6 is 0 Å². The van der Waals surface area contributed by atoms with Crippen LogP contribution < -0.4 is 10.5 Å². The summed E-state index contributed by atoms with van der Waals surface area (Å²) >= 11 is 0. The Morgan fingerprint density at radius 3 is 2.66 bits per heavy atom. The Hall–Kier alpha value is -3.08. The van der Waals surface area contributed by atoms with E-state index in [1.54, 1.807) is 6.92 Å². The van der Waals surface area contributed by atoms with Crippen molar-refractivity contribution in [2.45, 2.75) is 40.0 Å². The number of nitriles is 1. The summed E-state index contributed by atoms with van der Waals surface area (Å²) in [4.78, 5) is 12.5. The van der Waals surface area contributed by atoms with Gasteiger partial charge in [-0.1, -0.05) is 13.8 Å². The van der Waals surface area contributed by atoms with E-state index >= 15 is 0 Å². The monoisotopic (exact) mass is 406 g/mol. The second-order valence-corrected chi connectivity index (χ2v) is 6.96. The first-order valence-corrected chi connectivity index (χ1v) is 9.28. The standard InChI is InChI=1S/C21H24F2N2O4/c1-5-27-21(26)17-12(4)29-20(25)14(10-24)18(17)13-8-15(22)19(23)16(9-13)28-7-6-11(2)3/h8-9,11,18H,5-7,25H2,1-4H3. The molecule has 29 heavy (non-hydrogen) atoms.